The summed E-state index contributed by atoms with van der Waals surface area (Å²) in [7, 11) is 0. The molecule has 1 aromatic carbocycles. The van der Waals surface area contributed by atoms with Crippen molar-refractivity contribution in [2.75, 3.05) is 10.6 Å². The molecule has 0 spiro atoms. The first-order valence-electron chi connectivity index (χ1n) is 6.73. The van der Waals surface area contributed by atoms with Crippen LogP contribution in [0.15, 0.2) is 24.3 Å². The molecule has 0 radical (unpaired) electrons. The van der Waals surface area contributed by atoms with Crippen LogP contribution >= 0.6 is 11.3 Å². The largest absolute Gasteiger partial charge is 0.336 e. The summed E-state index contributed by atoms with van der Waals surface area (Å²) in [4.78, 5) is 23.6. The van der Waals surface area contributed by atoms with E-state index in [1.165, 1.54) is 11.3 Å². The molecule has 0 saturated heterocycles. The molecule has 2 rings (SSSR count). The number of nitrogens with one attached hydrogen (secondary N) is 3. The molecule has 22 heavy (non-hydrogen) atoms. The molecular weight excluding hydrogens is 302 g/mol. The summed E-state index contributed by atoms with van der Waals surface area (Å²) in [5.74, 6) is -0.269. The van der Waals surface area contributed by atoms with E-state index in [9.17, 15) is 9.59 Å². The van der Waals surface area contributed by atoms with Gasteiger partial charge >= 0.3 is 6.03 Å². The van der Waals surface area contributed by atoms with Crippen LogP contribution in [0.2, 0.25) is 0 Å². The lowest BCUT2D eigenvalue weighted by atomic mass is 10.2. The van der Waals surface area contributed by atoms with Crippen LogP contribution in [0.5, 0.6) is 0 Å². The number of rotatable bonds is 4. The number of amides is 3. The maximum absolute atomic E-state index is 12.0. The Morgan fingerprint density at radius 2 is 1.77 bits per heavy atom. The number of urea groups is 1. The SMILES string of the molecule is Cc1nnc(NC(=O)c2ccc(NC(=O)NC(C)C)cc2)s1. The number of hydrogen-bond donors (Lipinski definition) is 3. The van der Waals surface area contributed by atoms with Gasteiger partial charge in [-0.05, 0) is 45.0 Å². The summed E-state index contributed by atoms with van der Waals surface area (Å²) in [6.07, 6.45) is 0. The number of aryl methyl sites for hydroxylation is 1. The highest BCUT2D eigenvalue weighted by Gasteiger charge is 2.09. The Hall–Kier alpha value is -2.48. The molecule has 3 N–H and O–H groups in total. The maximum atomic E-state index is 12.0. The van der Waals surface area contributed by atoms with E-state index in [1.54, 1.807) is 24.3 Å². The number of carbonyl (C=O) groups is 2. The molecule has 0 fully saturated rings. The number of nitrogens with zero attached hydrogens (tertiary/aromatic N) is 2. The van der Waals surface area contributed by atoms with Crippen molar-refractivity contribution in [3.05, 3.63) is 34.8 Å². The highest BCUT2D eigenvalue weighted by molar-refractivity contribution is 7.15. The summed E-state index contributed by atoms with van der Waals surface area (Å²) in [5, 5.41) is 17.0. The van der Waals surface area contributed by atoms with Gasteiger partial charge in [-0.15, -0.1) is 10.2 Å². The second-order valence-electron chi connectivity index (χ2n) is 4.91. The van der Waals surface area contributed by atoms with Crippen molar-refractivity contribution < 1.29 is 9.59 Å². The highest BCUT2D eigenvalue weighted by atomic mass is 32.1. The lowest BCUT2D eigenvalue weighted by molar-refractivity contribution is 0.102. The minimum Gasteiger partial charge on any atom is -0.336 e. The Morgan fingerprint density at radius 3 is 2.32 bits per heavy atom. The van der Waals surface area contributed by atoms with Gasteiger partial charge in [-0.2, -0.15) is 0 Å². The normalized spacial score (nSPS) is 10.4. The van der Waals surface area contributed by atoms with Crippen molar-refractivity contribution in [2.45, 2.75) is 26.8 Å². The van der Waals surface area contributed by atoms with Crippen LogP contribution in [-0.4, -0.2) is 28.2 Å². The molecule has 0 aliphatic rings. The molecule has 0 aliphatic heterocycles. The van der Waals surface area contributed by atoms with Crippen LogP contribution < -0.4 is 16.0 Å². The Morgan fingerprint density at radius 1 is 1.09 bits per heavy atom. The minimum atomic E-state index is -0.281. The van der Waals surface area contributed by atoms with E-state index in [4.69, 9.17) is 0 Å². The first kappa shape index (κ1) is 15.9. The number of carbonyl (C=O) groups excluding carboxylic acids is 2. The van der Waals surface area contributed by atoms with Gasteiger partial charge in [0.2, 0.25) is 5.13 Å². The molecule has 0 bridgehead atoms. The number of benzene rings is 1. The van der Waals surface area contributed by atoms with Gasteiger partial charge in [0.25, 0.3) is 5.91 Å². The zero-order chi connectivity index (χ0) is 16.1. The molecule has 3 amide bonds. The molecule has 1 heterocycles. The lowest BCUT2D eigenvalue weighted by Crippen LogP contribution is -2.34. The molecule has 7 nitrogen and oxygen atoms in total. The molecule has 0 aliphatic carbocycles. The fourth-order valence-corrected chi connectivity index (χ4v) is 2.24. The van der Waals surface area contributed by atoms with Crippen molar-refractivity contribution in [2.24, 2.45) is 0 Å². The molecule has 116 valence electrons. The quantitative estimate of drug-likeness (QED) is 0.807. The van der Waals surface area contributed by atoms with Crippen molar-refractivity contribution in [1.29, 1.82) is 0 Å². The summed E-state index contributed by atoms with van der Waals surface area (Å²) < 4.78 is 0. The zero-order valence-electron chi connectivity index (χ0n) is 12.5. The van der Waals surface area contributed by atoms with Crippen LogP contribution in [0.25, 0.3) is 0 Å². The van der Waals surface area contributed by atoms with Gasteiger partial charge in [-0.1, -0.05) is 11.3 Å². The fraction of sp³-hybridized carbons (Fsp3) is 0.286. The lowest BCUT2D eigenvalue weighted by Gasteiger charge is -2.10. The Kier molecular flexibility index (Phi) is 5.05. The Balaban J connectivity index is 1.96. The summed E-state index contributed by atoms with van der Waals surface area (Å²) in [6, 6.07) is 6.37. The fourth-order valence-electron chi connectivity index (χ4n) is 1.65. The third-order valence-corrected chi connectivity index (χ3v) is 3.33. The predicted octanol–water partition coefficient (Wildman–Crippen LogP) is 2.63. The average molecular weight is 319 g/mol. The van der Waals surface area contributed by atoms with Crippen LogP contribution in [0, 0.1) is 6.92 Å². The van der Waals surface area contributed by atoms with Crippen molar-refractivity contribution in [3.8, 4) is 0 Å². The van der Waals surface area contributed by atoms with E-state index in [0.717, 1.165) is 5.01 Å². The van der Waals surface area contributed by atoms with Crippen LogP contribution in [-0.2, 0) is 0 Å². The summed E-state index contributed by atoms with van der Waals surface area (Å²) >= 11 is 1.31. The van der Waals surface area contributed by atoms with Crippen LogP contribution in [0.4, 0.5) is 15.6 Å². The van der Waals surface area contributed by atoms with Gasteiger partial charge in [-0.3, -0.25) is 10.1 Å². The van der Waals surface area contributed by atoms with Crippen LogP contribution in [0.3, 0.4) is 0 Å². The molecule has 0 saturated carbocycles. The Bertz CT molecular complexity index is 666. The second-order valence-corrected chi connectivity index (χ2v) is 6.09. The molecule has 0 unspecified atom stereocenters. The first-order valence-corrected chi connectivity index (χ1v) is 7.54. The smallest absolute Gasteiger partial charge is 0.319 e. The van der Waals surface area contributed by atoms with E-state index in [-0.39, 0.29) is 18.0 Å². The minimum absolute atomic E-state index is 0.0559. The van der Waals surface area contributed by atoms with Gasteiger partial charge < -0.3 is 10.6 Å². The van der Waals surface area contributed by atoms with Crippen molar-refractivity contribution >= 4 is 34.1 Å². The molecule has 2 aromatic rings. The third-order valence-electron chi connectivity index (χ3n) is 2.57. The molecule has 0 atom stereocenters. The van der Waals surface area contributed by atoms with Gasteiger partial charge in [0.05, 0.1) is 0 Å². The van der Waals surface area contributed by atoms with Gasteiger partial charge in [0.1, 0.15) is 5.01 Å². The standard InChI is InChI=1S/C14H17N5O2S/c1-8(2)15-13(21)16-11-6-4-10(5-7-11)12(20)17-14-19-18-9(3)22-14/h4-8H,1-3H3,(H2,15,16,21)(H,17,19,20). The number of anilines is 2. The van der Waals surface area contributed by atoms with Gasteiger partial charge in [0, 0.05) is 17.3 Å². The number of hydrogen-bond acceptors (Lipinski definition) is 5. The first-order chi connectivity index (χ1) is 10.4. The predicted molar refractivity (Wildman–Crippen MR) is 86.3 cm³/mol. The van der Waals surface area contributed by atoms with Crippen molar-refractivity contribution in [1.82, 2.24) is 15.5 Å². The van der Waals surface area contributed by atoms with Gasteiger partial charge in [-0.25, -0.2) is 4.79 Å². The van der Waals surface area contributed by atoms with Gasteiger partial charge in [0.15, 0.2) is 0 Å². The van der Waals surface area contributed by atoms with Crippen LogP contribution in [0.1, 0.15) is 29.2 Å². The topological polar surface area (TPSA) is 96.0 Å². The second kappa shape index (κ2) is 6.99. The van der Waals surface area contributed by atoms with E-state index >= 15 is 0 Å². The Labute approximate surface area is 132 Å². The number of aromatic nitrogens is 2. The van der Waals surface area contributed by atoms with E-state index in [2.05, 4.69) is 26.1 Å². The van der Waals surface area contributed by atoms with E-state index in [1.807, 2.05) is 20.8 Å². The highest BCUT2D eigenvalue weighted by Crippen LogP contribution is 2.16. The summed E-state index contributed by atoms with van der Waals surface area (Å²) in [5.41, 5.74) is 1.09. The molecule has 1 aromatic heterocycles. The van der Waals surface area contributed by atoms with E-state index < -0.39 is 0 Å². The monoisotopic (exact) mass is 319 g/mol. The third kappa shape index (κ3) is 4.52. The maximum Gasteiger partial charge on any atom is 0.319 e. The van der Waals surface area contributed by atoms with Crippen molar-refractivity contribution in [3.63, 3.8) is 0 Å². The zero-order valence-corrected chi connectivity index (χ0v) is 13.3. The molecular formula is C14H17N5O2S. The van der Waals surface area contributed by atoms with E-state index in [0.29, 0.717) is 16.4 Å². The molecule has 8 heteroatoms. The summed E-state index contributed by atoms with van der Waals surface area (Å²) in [6.45, 7) is 5.57. The average Bonchev–Trinajstić information content (AvgIpc) is 2.83.